The summed E-state index contributed by atoms with van der Waals surface area (Å²) in [6.45, 7) is 0. The monoisotopic (exact) mass is 345 g/mol. The number of hydrogen-bond acceptors (Lipinski definition) is 4. The minimum Gasteiger partial charge on any atom is -0.480 e. The fourth-order valence-corrected chi connectivity index (χ4v) is 3.04. The van der Waals surface area contributed by atoms with Crippen LogP contribution in [0.25, 0.3) is 0 Å². The van der Waals surface area contributed by atoms with Crippen molar-refractivity contribution >= 4 is 23.6 Å². The highest BCUT2D eigenvalue weighted by molar-refractivity contribution is 7.99. The molecule has 0 aliphatic carbocycles. The summed E-state index contributed by atoms with van der Waals surface area (Å²) in [6, 6.07) is 16.8. The summed E-state index contributed by atoms with van der Waals surface area (Å²) in [5.74, 6) is -1.48. The molecule has 126 valence electrons. The molecule has 0 saturated heterocycles. The van der Waals surface area contributed by atoms with Gasteiger partial charge in [-0.05, 0) is 17.7 Å². The van der Waals surface area contributed by atoms with Crippen LogP contribution in [0.3, 0.4) is 0 Å². The first-order valence-corrected chi connectivity index (χ1v) is 8.53. The number of rotatable bonds is 8. The van der Waals surface area contributed by atoms with Gasteiger partial charge in [0.15, 0.2) is 0 Å². The molecule has 2 aromatic carbocycles. The largest absolute Gasteiger partial charge is 0.480 e. The molecule has 0 aliphatic heterocycles. The van der Waals surface area contributed by atoms with E-state index in [0.717, 1.165) is 17.3 Å². The molecule has 0 bridgehead atoms. The topological polar surface area (TPSA) is 86.6 Å². The number of amides is 1. The zero-order valence-corrected chi connectivity index (χ0v) is 13.8. The maximum Gasteiger partial charge on any atom is 0.327 e. The third-order valence-corrected chi connectivity index (χ3v) is 4.43. The minimum atomic E-state index is -1.13. The van der Waals surface area contributed by atoms with Crippen LogP contribution in [0.15, 0.2) is 60.7 Å². The number of carboxylic acids is 1. The van der Waals surface area contributed by atoms with Crippen LogP contribution in [0, 0.1) is 0 Å². The van der Waals surface area contributed by atoms with Crippen LogP contribution in [0.5, 0.6) is 0 Å². The van der Waals surface area contributed by atoms with Crippen LogP contribution in [0.4, 0.5) is 0 Å². The number of benzene rings is 2. The van der Waals surface area contributed by atoms with Crippen molar-refractivity contribution in [1.29, 1.82) is 0 Å². The summed E-state index contributed by atoms with van der Waals surface area (Å²) >= 11 is 1.10. The van der Waals surface area contributed by atoms with Gasteiger partial charge in [0.2, 0.25) is 0 Å². The van der Waals surface area contributed by atoms with Gasteiger partial charge in [0.1, 0.15) is 11.5 Å². The quantitative estimate of drug-likeness (QED) is 0.638. The number of hydrogen-bond donors (Lipinski definition) is 3. The lowest BCUT2D eigenvalue weighted by atomic mass is 10.2. The number of aliphatic carboxylic acids is 1. The van der Waals surface area contributed by atoms with Gasteiger partial charge in [0.05, 0.1) is 0 Å². The van der Waals surface area contributed by atoms with Crippen LogP contribution in [0.1, 0.15) is 15.9 Å². The maximum absolute atomic E-state index is 12.0. The predicted octanol–water partition coefficient (Wildman–Crippen LogP) is 2.16. The minimum absolute atomic E-state index is 0.0852. The average Bonchev–Trinajstić information content (AvgIpc) is 2.59. The number of aliphatic hydroxyl groups is 1. The Morgan fingerprint density at radius 3 is 2.17 bits per heavy atom. The highest BCUT2D eigenvalue weighted by Gasteiger charge is 2.22. The van der Waals surface area contributed by atoms with Crippen molar-refractivity contribution in [2.75, 3.05) is 5.75 Å². The van der Waals surface area contributed by atoms with Crippen LogP contribution >= 0.6 is 11.8 Å². The molecule has 2 rings (SSSR count). The summed E-state index contributed by atoms with van der Waals surface area (Å²) in [4.78, 5) is 23.4. The summed E-state index contributed by atoms with van der Waals surface area (Å²) in [5, 5.41) is 21.8. The number of thioether (sulfide) groups is 1. The van der Waals surface area contributed by atoms with Crippen molar-refractivity contribution in [3.8, 4) is 0 Å². The zero-order valence-electron chi connectivity index (χ0n) is 13.0. The molecule has 3 N–H and O–H groups in total. The Kier molecular flexibility index (Phi) is 6.84. The summed E-state index contributed by atoms with van der Waals surface area (Å²) in [7, 11) is 0. The molecule has 6 heteroatoms. The van der Waals surface area contributed by atoms with Crippen LogP contribution < -0.4 is 5.32 Å². The lowest BCUT2D eigenvalue weighted by molar-refractivity contribution is -0.138. The Labute approximate surface area is 144 Å². The first-order valence-electron chi connectivity index (χ1n) is 7.48. The summed E-state index contributed by atoms with van der Waals surface area (Å²) in [6.07, 6.45) is 0.421. The zero-order chi connectivity index (χ0) is 17.4. The highest BCUT2D eigenvalue weighted by Crippen LogP contribution is 2.15. The second kappa shape index (κ2) is 9.10. The number of nitrogens with one attached hydrogen (secondary N) is 1. The van der Waals surface area contributed by atoms with Gasteiger partial charge in [0.25, 0.3) is 5.91 Å². The van der Waals surface area contributed by atoms with E-state index in [-0.39, 0.29) is 5.75 Å². The molecule has 2 aromatic rings. The van der Waals surface area contributed by atoms with Crippen molar-refractivity contribution in [3.63, 3.8) is 0 Å². The molecule has 0 aliphatic rings. The van der Waals surface area contributed by atoms with Crippen molar-refractivity contribution in [2.24, 2.45) is 0 Å². The van der Waals surface area contributed by atoms with Gasteiger partial charge in [-0.15, -0.1) is 11.8 Å². The molecule has 5 nitrogen and oxygen atoms in total. The third-order valence-electron chi connectivity index (χ3n) is 3.35. The van der Waals surface area contributed by atoms with Gasteiger partial charge in [-0.25, -0.2) is 4.79 Å². The molecule has 0 heterocycles. The van der Waals surface area contributed by atoms with E-state index in [1.807, 2.05) is 30.3 Å². The second-order valence-corrected chi connectivity index (χ2v) is 6.42. The first-order chi connectivity index (χ1) is 11.6. The van der Waals surface area contributed by atoms with Gasteiger partial charge in [-0.2, -0.15) is 0 Å². The Morgan fingerprint density at radius 1 is 1.00 bits per heavy atom. The van der Waals surface area contributed by atoms with Crippen molar-refractivity contribution in [2.45, 2.75) is 17.9 Å². The van der Waals surface area contributed by atoms with Crippen molar-refractivity contribution in [3.05, 3.63) is 71.8 Å². The molecule has 1 amide bonds. The van der Waals surface area contributed by atoms with Gasteiger partial charge < -0.3 is 15.5 Å². The average molecular weight is 345 g/mol. The number of carbonyl (C=O) groups is 2. The molecular weight excluding hydrogens is 326 g/mol. The summed E-state index contributed by atoms with van der Waals surface area (Å²) in [5.41, 5.74) is 0.638. The predicted molar refractivity (Wildman–Crippen MR) is 93.9 cm³/mol. The fourth-order valence-electron chi connectivity index (χ4n) is 2.09. The molecule has 0 radical (unpaired) electrons. The molecule has 24 heavy (non-hydrogen) atoms. The van der Waals surface area contributed by atoms with Gasteiger partial charge >= 0.3 is 5.97 Å². The van der Waals surface area contributed by atoms with Crippen LogP contribution in [-0.2, 0) is 11.2 Å². The molecule has 0 fully saturated rings. The van der Waals surface area contributed by atoms with Crippen molar-refractivity contribution in [1.82, 2.24) is 5.32 Å². The number of carbonyl (C=O) groups excluding carboxylic acids is 1. The van der Waals surface area contributed by atoms with Crippen LogP contribution in [0.2, 0.25) is 0 Å². The Hall–Kier alpha value is -2.31. The highest BCUT2D eigenvalue weighted by atomic mass is 32.2. The molecule has 0 saturated carbocycles. The third kappa shape index (κ3) is 5.72. The van der Waals surface area contributed by atoms with Gasteiger partial charge in [-0.1, -0.05) is 48.5 Å². The number of carboxylic acid groups (broad SMARTS) is 1. The lowest BCUT2D eigenvalue weighted by Crippen LogP contribution is -2.43. The molecule has 2 unspecified atom stereocenters. The Balaban J connectivity index is 1.87. The van der Waals surface area contributed by atoms with E-state index in [1.165, 1.54) is 0 Å². The maximum atomic E-state index is 12.0. The Morgan fingerprint density at radius 2 is 1.58 bits per heavy atom. The second-order valence-electron chi connectivity index (χ2n) is 5.21. The Bertz CT molecular complexity index is 663. The summed E-state index contributed by atoms with van der Waals surface area (Å²) < 4.78 is 0. The molecule has 0 aromatic heterocycles. The first kappa shape index (κ1) is 18.0. The van der Waals surface area contributed by atoms with E-state index >= 15 is 0 Å². The van der Waals surface area contributed by atoms with E-state index in [1.54, 1.807) is 30.3 Å². The van der Waals surface area contributed by atoms with E-state index in [0.29, 0.717) is 12.0 Å². The normalized spacial score (nSPS) is 13.0. The lowest BCUT2D eigenvalue weighted by Gasteiger charge is -2.17. The van der Waals surface area contributed by atoms with E-state index < -0.39 is 23.4 Å². The number of aliphatic hydroxyl groups excluding tert-OH is 1. The fraction of sp³-hybridized carbons (Fsp3) is 0.222. The van der Waals surface area contributed by atoms with Gasteiger partial charge in [0, 0.05) is 17.7 Å². The molecule has 0 spiro atoms. The van der Waals surface area contributed by atoms with Gasteiger partial charge in [-0.3, -0.25) is 4.79 Å². The van der Waals surface area contributed by atoms with Crippen LogP contribution in [-0.4, -0.2) is 39.3 Å². The molecular formula is C18H19NO4S. The van der Waals surface area contributed by atoms with E-state index in [4.69, 9.17) is 0 Å². The van der Waals surface area contributed by atoms with E-state index in [2.05, 4.69) is 5.32 Å². The smallest absolute Gasteiger partial charge is 0.327 e. The van der Waals surface area contributed by atoms with Crippen molar-refractivity contribution < 1.29 is 19.8 Å². The SMILES string of the molecule is O=C(NC(CSC(O)Cc1ccccc1)C(=O)O)c1ccccc1. The standard InChI is InChI=1S/C18H19NO4S/c20-16(11-13-7-3-1-4-8-13)24-12-15(18(22)23)19-17(21)14-9-5-2-6-10-14/h1-10,15-16,20H,11-12H2,(H,19,21)(H,22,23). The van der Waals surface area contributed by atoms with E-state index in [9.17, 15) is 19.8 Å². The molecule has 2 atom stereocenters.